The fourth-order valence-electron chi connectivity index (χ4n) is 1.28. The van der Waals surface area contributed by atoms with E-state index in [9.17, 15) is 4.79 Å². The lowest BCUT2D eigenvalue weighted by atomic mass is 9.96. The van der Waals surface area contributed by atoms with Crippen molar-refractivity contribution < 1.29 is 9.53 Å². The predicted molar refractivity (Wildman–Crippen MR) is 61.7 cm³/mol. The van der Waals surface area contributed by atoms with Crippen LogP contribution < -0.4 is 0 Å². The molecule has 1 atom stereocenters. The zero-order chi connectivity index (χ0) is 12.1. The monoisotopic (exact) mass is 257 g/mol. The Morgan fingerprint density at radius 1 is 1.56 bits per heavy atom. The highest BCUT2D eigenvalue weighted by Gasteiger charge is 2.23. The van der Waals surface area contributed by atoms with Gasteiger partial charge in [0.05, 0.1) is 16.1 Å². The molecule has 0 heterocycles. The van der Waals surface area contributed by atoms with Crippen LogP contribution in [-0.2, 0) is 9.53 Å². The molecular weight excluding hydrogens is 249 g/mol. The Morgan fingerprint density at radius 2 is 2.25 bits per heavy atom. The van der Waals surface area contributed by atoms with E-state index in [0.29, 0.717) is 10.6 Å². The van der Waals surface area contributed by atoms with Crippen LogP contribution in [0.25, 0.3) is 0 Å². The molecule has 3 nitrogen and oxygen atoms in total. The lowest BCUT2D eigenvalue weighted by Gasteiger charge is -2.10. The van der Waals surface area contributed by atoms with E-state index in [-0.39, 0.29) is 17.4 Å². The molecule has 0 saturated heterocycles. The lowest BCUT2D eigenvalue weighted by molar-refractivity contribution is -0.122. The predicted octanol–water partition coefficient (Wildman–Crippen LogP) is 2.82. The first-order chi connectivity index (χ1) is 7.61. The molecule has 0 bridgehead atoms. The number of halogens is 2. The third-order valence-corrected chi connectivity index (χ3v) is 2.86. The topological polar surface area (TPSA) is 50.1 Å². The van der Waals surface area contributed by atoms with Gasteiger partial charge in [-0.15, -0.1) is 0 Å². The lowest BCUT2D eigenvalue weighted by Crippen LogP contribution is -2.16. The summed E-state index contributed by atoms with van der Waals surface area (Å²) in [6.45, 7) is -0.124. The zero-order valence-corrected chi connectivity index (χ0v) is 10.0. The molecule has 84 valence electrons. The molecule has 0 fully saturated rings. The van der Waals surface area contributed by atoms with Crippen molar-refractivity contribution in [3.63, 3.8) is 0 Å². The first kappa shape index (κ1) is 13.0. The van der Waals surface area contributed by atoms with Gasteiger partial charge in [0.15, 0.2) is 5.78 Å². The molecule has 1 unspecified atom stereocenters. The highest BCUT2D eigenvalue weighted by atomic mass is 35.5. The maximum atomic E-state index is 11.6. The molecule has 0 amide bonds. The summed E-state index contributed by atoms with van der Waals surface area (Å²) in [7, 11) is 1.39. The van der Waals surface area contributed by atoms with Crippen molar-refractivity contribution in [1.29, 1.82) is 5.26 Å². The van der Waals surface area contributed by atoms with E-state index in [1.54, 1.807) is 18.2 Å². The van der Waals surface area contributed by atoms with Gasteiger partial charge in [-0.25, -0.2) is 0 Å². The molecule has 1 rings (SSSR count). The second-order valence-corrected chi connectivity index (χ2v) is 3.89. The number of hydrogen-bond acceptors (Lipinski definition) is 3. The number of ether oxygens (including phenoxy) is 1. The van der Waals surface area contributed by atoms with Crippen molar-refractivity contribution in [3.05, 3.63) is 33.8 Å². The highest BCUT2D eigenvalue weighted by molar-refractivity contribution is 6.42. The van der Waals surface area contributed by atoms with Gasteiger partial charge in [0, 0.05) is 7.11 Å². The molecule has 0 saturated carbocycles. The number of benzene rings is 1. The summed E-state index contributed by atoms with van der Waals surface area (Å²) >= 11 is 11.7. The molecule has 0 aromatic heterocycles. The Hall–Kier alpha value is -1.08. The Bertz CT molecular complexity index is 440. The number of hydrogen-bond donors (Lipinski definition) is 0. The molecule has 0 aliphatic heterocycles. The fraction of sp³-hybridized carbons (Fsp3) is 0.273. The molecule has 5 heteroatoms. The van der Waals surface area contributed by atoms with Gasteiger partial charge in [0.2, 0.25) is 0 Å². The summed E-state index contributed by atoms with van der Waals surface area (Å²) in [6, 6.07) is 6.75. The smallest absolute Gasteiger partial charge is 0.180 e. The van der Waals surface area contributed by atoms with Crippen molar-refractivity contribution >= 4 is 29.0 Å². The van der Waals surface area contributed by atoms with Crippen molar-refractivity contribution in [2.24, 2.45) is 0 Å². The van der Waals surface area contributed by atoms with E-state index in [1.165, 1.54) is 7.11 Å². The molecule has 0 radical (unpaired) electrons. The van der Waals surface area contributed by atoms with Crippen molar-refractivity contribution in [1.82, 2.24) is 0 Å². The van der Waals surface area contributed by atoms with Crippen LogP contribution >= 0.6 is 23.2 Å². The minimum atomic E-state index is -0.939. The third-order valence-electron chi connectivity index (χ3n) is 2.03. The Morgan fingerprint density at radius 3 is 2.81 bits per heavy atom. The molecule has 1 aromatic carbocycles. The Balaban J connectivity index is 3.10. The normalized spacial score (nSPS) is 11.9. The third kappa shape index (κ3) is 2.73. The molecule has 1 aromatic rings. The summed E-state index contributed by atoms with van der Waals surface area (Å²) in [5.74, 6) is -1.28. The number of Topliss-reactive ketones (excluding diaryl/α,β-unsaturated/α-hetero) is 1. The number of carbonyl (C=O) groups is 1. The molecule has 0 aliphatic carbocycles. The summed E-state index contributed by atoms with van der Waals surface area (Å²) in [6.07, 6.45) is 0. The van der Waals surface area contributed by atoms with Crippen molar-refractivity contribution in [2.75, 3.05) is 13.7 Å². The minimum absolute atomic E-state index is 0.124. The van der Waals surface area contributed by atoms with Crippen LogP contribution in [0.5, 0.6) is 0 Å². The van der Waals surface area contributed by atoms with Crippen molar-refractivity contribution in [3.8, 4) is 6.07 Å². The number of methoxy groups -OCH3 is 1. The highest BCUT2D eigenvalue weighted by Crippen LogP contribution is 2.31. The maximum absolute atomic E-state index is 11.6. The second-order valence-electron chi connectivity index (χ2n) is 3.10. The van der Waals surface area contributed by atoms with Crippen molar-refractivity contribution in [2.45, 2.75) is 5.92 Å². The van der Waals surface area contributed by atoms with Crippen LogP contribution in [-0.4, -0.2) is 19.5 Å². The molecule has 0 aliphatic rings. The summed E-state index contributed by atoms with van der Waals surface area (Å²) in [4.78, 5) is 11.6. The first-order valence-corrected chi connectivity index (χ1v) is 5.22. The van der Waals surface area contributed by atoms with E-state index >= 15 is 0 Å². The second kappa shape index (κ2) is 5.86. The van der Waals surface area contributed by atoms with Crippen LogP contribution in [0.4, 0.5) is 0 Å². The number of nitriles is 1. The van der Waals surface area contributed by atoms with E-state index in [1.807, 2.05) is 6.07 Å². The van der Waals surface area contributed by atoms with Gasteiger partial charge in [0.1, 0.15) is 12.5 Å². The standard InChI is InChI=1S/C11H9Cl2NO2/c1-16-6-10(15)8(5-14)7-3-2-4-9(12)11(7)13/h2-4,8H,6H2,1H3. The number of nitrogens with zero attached hydrogens (tertiary/aromatic N) is 1. The van der Waals surface area contributed by atoms with Gasteiger partial charge >= 0.3 is 0 Å². The van der Waals surface area contributed by atoms with Gasteiger partial charge in [0.25, 0.3) is 0 Å². The molecule has 16 heavy (non-hydrogen) atoms. The van der Waals surface area contributed by atoms with E-state index in [0.717, 1.165) is 0 Å². The van der Waals surface area contributed by atoms with E-state index < -0.39 is 5.92 Å². The summed E-state index contributed by atoms with van der Waals surface area (Å²) in [5, 5.41) is 9.52. The molecular formula is C11H9Cl2NO2. The minimum Gasteiger partial charge on any atom is -0.377 e. The van der Waals surface area contributed by atoms with Gasteiger partial charge in [-0.3, -0.25) is 4.79 Å². The maximum Gasteiger partial charge on any atom is 0.180 e. The SMILES string of the molecule is COCC(=O)C(C#N)c1cccc(Cl)c1Cl. The van der Waals surface area contributed by atoms with Crippen LogP contribution in [0.1, 0.15) is 11.5 Å². The van der Waals surface area contributed by atoms with Crippen LogP contribution in [0.3, 0.4) is 0 Å². The van der Waals surface area contributed by atoms with E-state index in [4.69, 9.17) is 33.2 Å². The zero-order valence-electron chi connectivity index (χ0n) is 8.54. The fourth-order valence-corrected chi connectivity index (χ4v) is 1.70. The number of rotatable bonds is 4. The van der Waals surface area contributed by atoms with Gasteiger partial charge in [-0.2, -0.15) is 5.26 Å². The Labute approximate surface area is 104 Å². The molecule has 0 spiro atoms. The van der Waals surface area contributed by atoms with Gasteiger partial charge in [-0.05, 0) is 11.6 Å². The van der Waals surface area contributed by atoms with Crippen LogP contribution in [0, 0.1) is 11.3 Å². The number of ketones is 1. The average molecular weight is 258 g/mol. The first-order valence-electron chi connectivity index (χ1n) is 4.47. The van der Waals surface area contributed by atoms with E-state index in [2.05, 4.69) is 0 Å². The average Bonchev–Trinajstić information content (AvgIpc) is 2.25. The largest absolute Gasteiger partial charge is 0.377 e. The molecule has 0 N–H and O–H groups in total. The summed E-state index contributed by atoms with van der Waals surface area (Å²) in [5.41, 5.74) is 0.415. The summed E-state index contributed by atoms with van der Waals surface area (Å²) < 4.78 is 4.70. The quantitative estimate of drug-likeness (QED) is 0.834. The van der Waals surface area contributed by atoms with Gasteiger partial charge < -0.3 is 4.74 Å². The van der Waals surface area contributed by atoms with Crippen LogP contribution in [0.15, 0.2) is 18.2 Å². The Kier molecular flexibility index (Phi) is 4.75. The number of carbonyl (C=O) groups excluding carboxylic acids is 1. The van der Waals surface area contributed by atoms with Crippen LogP contribution in [0.2, 0.25) is 10.0 Å². The van der Waals surface area contributed by atoms with Gasteiger partial charge in [-0.1, -0.05) is 35.3 Å².